The first-order valence-electron chi connectivity index (χ1n) is 6.28. The number of esters is 1. The predicted molar refractivity (Wildman–Crippen MR) is 83.3 cm³/mol. The Kier molecular flexibility index (Phi) is 7.34. The standard InChI is InChI=1S/C14H19BrClNO3/c1-10(14(18)19-3)9-17(2)6-7-20-13-5-4-11(16)8-12(13)15/h4-5,8,10H,6-7,9H2,1-3H3. The summed E-state index contributed by atoms with van der Waals surface area (Å²) in [6.07, 6.45) is 0. The molecule has 1 rings (SSSR count). The number of hydrogen-bond acceptors (Lipinski definition) is 4. The summed E-state index contributed by atoms with van der Waals surface area (Å²) in [6.45, 7) is 3.73. The molecule has 112 valence electrons. The highest BCUT2D eigenvalue weighted by Crippen LogP contribution is 2.27. The number of ether oxygens (including phenoxy) is 2. The first-order chi connectivity index (χ1) is 9.43. The van der Waals surface area contributed by atoms with Gasteiger partial charge in [0.2, 0.25) is 0 Å². The van der Waals surface area contributed by atoms with E-state index in [1.54, 1.807) is 12.1 Å². The Morgan fingerprint density at radius 3 is 2.80 bits per heavy atom. The second-order valence-electron chi connectivity index (χ2n) is 4.61. The summed E-state index contributed by atoms with van der Waals surface area (Å²) in [5.74, 6) is 0.411. The van der Waals surface area contributed by atoms with Crippen LogP contribution in [0, 0.1) is 5.92 Å². The quantitative estimate of drug-likeness (QED) is 0.696. The number of likely N-dealkylation sites (N-methyl/N-ethyl adjacent to an activating group) is 1. The van der Waals surface area contributed by atoms with E-state index in [0.29, 0.717) is 18.2 Å². The fourth-order valence-electron chi connectivity index (χ4n) is 1.74. The minimum absolute atomic E-state index is 0.146. The number of nitrogens with zero attached hydrogens (tertiary/aromatic N) is 1. The lowest BCUT2D eigenvalue weighted by Gasteiger charge is -2.20. The highest BCUT2D eigenvalue weighted by atomic mass is 79.9. The van der Waals surface area contributed by atoms with E-state index in [9.17, 15) is 4.79 Å². The smallest absolute Gasteiger partial charge is 0.309 e. The Hall–Kier alpha value is -0.780. The molecule has 0 aliphatic rings. The maximum absolute atomic E-state index is 11.3. The molecule has 0 spiro atoms. The van der Waals surface area contributed by atoms with E-state index >= 15 is 0 Å². The van der Waals surface area contributed by atoms with Gasteiger partial charge in [0.1, 0.15) is 12.4 Å². The zero-order valence-corrected chi connectivity index (χ0v) is 14.2. The first kappa shape index (κ1) is 17.3. The molecule has 0 amide bonds. The van der Waals surface area contributed by atoms with Gasteiger partial charge >= 0.3 is 5.97 Å². The Morgan fingerprint density at radius 2 is 2.20 bits per heavy atom. The van der Waals surface area contributed by atoms with Crippen molar-refractivity contribution in [3.05, 3.63) is 27.7 Å². The van der Waals surface area contributed by atoms with Crippen LogP contribution in [0.1, 0.15) is 6.92 Å². The fourth-order valence-corrected chi connectivity index (χ4v) is 2.54. The topological polar surface area (TPSA) is 38.8 Å². The first-order valence-corrected chi connectivity index (χ1v) is 7.45. The van der Waals surface area contributed by atoms with Gasteiger partial charge in [0.15, 0.2) is 0 Å². The minimum atomic E-state index is -0.196. The summed E-state index contributed by atoms with van der Waals surface area (Å²) in [5, 5.41) is 0.660. The van der Waals surface area contributed by atoms with Crippen molar-refractivity contribution in [3.8, 4) is 5.75 Å². The van der Waals surface area contributed by atoms with Gasteiger partial charge in [0.25, 0.3) is 0 Å². The third kappa shape index (κ3) is 5.69. The van der Waals surface area contributed by atoms with Crippen LogP contribution < -0.4 is 4.74 Å². The van der Waals surface area contributed by atoms with Gasteiger partial charge in [0, 0.05) is 18.1 Å². The van der Waals surface area contributed by atoms with Crippen LogP contribution in [0.4, 0.5) is 0 Å². The summed E-state index contributed by atoms with van der Waals surface area (Å²) < 4.78 is 11.2. The van der Waals surface area contributed by atoms with Gasteiger partial charge in [-0.1, -0.05) is 18.5 Å². The minimum Gasteiger partial charge on any atom is -0.491 e. The van der Waals surface area contributed by atoms with E-state index in [-0.39, 0.29) is 11.9 Å². The number of carbonyl (C=O) groups excluding carboxylic acids is 1. The van der Waals surface area contributed by atoms with Gasteiger partial charge in [-0.15, -0.1) is 0 Å². The van der Waals surface area contributed by atoms with Crippen LogP contribution in [-0.2, 0) is 9.53 Å². The molecular weight excluding hydrogens is 346 g/mol. The maximum atomic E-state index is 11.3. The van der Waals surface area contributed by atoms with E-state index in [4.69, 9.17) is 21.1 Å². The molecule has 0 saturated heterocycles. The van der Waals surface area contributed by atoms with Crippen molar-refractivity contribution in [3.63, 3.8) is 0 Å². The van der Waals surface area contributed by atoms with E-state index < -0.39 is 0 Å². The summed E-state index contributed by atoms with van der Waals surface area (Å²) >= 11 is 9.26. The molecule has 20 heavy (non-hydrogen) atoms. The van der Waals surface area contributed by atoms with E-state index in [1.165, 1.54) is 7.11 Å². The van der Waals surface area contributed by atoms with Crippen molar-refractivity contribution in [1.29, 1.82) is 0 Å². The maximum Gasteiger partial charge on any atom is 0.309 e. The van der Waals surface area contributed by atoms with Crippen LogP contribution in [0.2, 0.25) is 5.02 Å². The lowest BCUT2D eigenvalue weighted by molar-refractivity contribution is -0.145. The molecule has 0 aromatic heterocycles. The van der Waals surface area contributed by atoms with Crippen LogP contribution in [-0.4, -0.2) is 44.7 Å². The van der Waals surface area contributed by atoms with Crippen molar-refractivity contribution in [1.82, 2.24) is 4.90 Å². The largest absolute Gasteiger partial charge is 0.491 e. The molecule has 4 nitrogen and oxygen atoms in total. The average Bonchev–Trinajstić information content (AvgIpc) is 2.40. The van der Waals surface area contributed by atoms with Gasteiger partial charge in [-0.25, -0.2) is 0 Å². The van der Waals surface area contributed by atoms with Gasteiger partial charge in [-0.05, 0) is 41.2 Å². The van der Waals surface area contributed by atoms with E-state index in [2.05, 4.69) is 15.9 Å². The van der Waals surface area contributed by atoms with Gasteiger partial charge in [-0.3, -0.25) is 4.79 Å². The Labute approximate surface area is 133 Å². The number of halogens is 2. The number of methoxy groups -OCH3 is 1. The molecule has 1 aromatic rings. The van der Waals surface area contributed by atoms with Crippen LogP contribution in [0.15, 0.2) is 22.7 Å². The third-order valence-electron chi connectivity index (χ3n) is 2.81. The van der Waals surface area contributed by atoms with E-state index in [0.717, 1.165) is 16.8 Å². The molecule has 0 aliphatic heterocycles. The Bertz CT molecular complexity index is 456. The van der Waals surface area contributed by atoms with Crippen LogP contribution in [0.25, 0.3) is 0 Å². The molecule has 1 unspecified atom stereocenters. The zero-order valence-electron chi connectivity index (χ0n) is 11.9. The average molecular weight is 365 g/mol. The normalized spacial score (nSPS) is 12.3. The molecule has 0 fully saturated rings. The Morgan fingerprint density at radius 1 is 1.50 bits per heavy atom. The number of hydrogen-bond donors (Lipinski definition) is 0. The second-order valence-corrected chi connectivity index (χ2v) is 5.90. The SMILES string of the molecule is COC(=O)C(C)CN(C)CCOc1ccc(Cl)cc1Br. The summed E-state index contributed by atoms with van der Waals surface area (Å²) in [7, 11) is 3.35. The summed E-state index contributed by atoms with van der Waals surface area (Å²) in [5.41, 5.74) is 0. The lowest BCUT2D eigenvalue weighted by atomic mass is 10.2. The number of carbonyl (C=O) groups is 1. The highest BCUT2D eigenvalue weighted by Gasteiger charge is 2.15. The monoisotopic (exact) mass is 363 g/mol. The molecule has 6 heteroatoms. The van der Waals surface area contributed by atoms with Crippen molar-refractivity contribution in [2.45, 2.75) is 6.92 Å². The molecule has 1 atom stereocenters. The molecule has 0 N–H and O–H groups in total. The second kappa shape index (κ2) is 8.49. The van der Waals surface area contributed by atoms with Crippen molar-refractivity contribution in [2.24, 2.45) is 5.92 Å². The molecule has 0 saturated carbocycles. The highest BCUT2D eigenvalue weighted by molar-refractivity contribution is 9.10. The Balaban J connectivity index is 2.35. The van der Waals surface area contributed by atoms with Gasteiger partial charge < -0.3 is 14.4 Å². The molecule has 0 bridgehead atoms. The number of rotatable bonds is 7. The molecule has 0 heterocycles. The lowest BCUT2D eigenvalue weighted by Crippen LogP contribution is -2.32. The fraction of sp³-hybridized carbons (Fsp3) is 0.500. The molecule has 0 aliphatic carbocycles. The van der Waals surface area contributed by atoms with Crippen molar-refractivity contribution >= 4 is 33.5 Å². The van der Waals surface area contributed by atoms with E-state index in [1.807, 2.05) is 24.9 Å². The zero-order chi connectivity index (χ0) is 15.1. The van der Waals surface area contributed by atoms with Crippen LogP contribution >= 0.6 is 27.5 Å². The third-order valence-corrected chi connectivity index (χ3v) is 3.67. The molecule has 0 radical (unpaired) electrons. The van der Waals surface area contributed by atoms with Crippen molar-refractivity contribution in [2.75, 3.05) is 33.9 Å². The van der Waals surface area contributed by atoms with Crippen LogP contribution in [0.5, 0.6) is 5.75 Å². The van der Waals surface area contributed by atoms with Crippen molar-refractivity contribution < 1.29 is 14.3 Å². The molecule has 1 aromatic carbocycles. The summed E-state index contributed by atoms with van der Waals surface area (Å²) in [6, 6.07) is 5.40. The van der Waals surface area contributed by atoms with Gasteiger partial charge in [-0.2, -0.15) is 0 Å². The molecular formula is C14H19BrClNO3. The van der Waals surface area contributed by atoms with Crippen LogP contribution in [0.3, 0.4) is 0 Å². The summed E-state index contributed by atoms with van der Waals surface area (Å²) in [4.78, 5) is 13.4. The number of benzene rings is 1. The predicted octanol–water partition coefficient (Wildman–Crippen LogP) is 3.22. The van der Waals surface area contributed by atoms with Gasteiger partial charge in [0.05, 0.1) is 17.5 Å².